The van der Waals surface area contributed by atoms with Crippen molar-refractivity contribution in [3.63, 3.8) is 0 Å². The Morgan fingerprint density at radius 2 is 1.63 bits per heavy atom. The van der Waals surface area contributed by atoms with Gasteiger partial charge in [-0.05, 0) is 73.4 Å². The average molecular weight is 487 g/mol. The van der Waals surface area contributed by atoms with Crippen LogP contribution in [0, 0.1) is 11.6 Å². The van der Waals surface area contributed by atoms with Crippen molar-refractivity contribution >= 4 is 0 Å². The molecule has 1 aliphatic carbocycles. The summed E-state index contributed by atoms with van der Waals surface area (Å²) >= 11 is 0. The second kappa shape index (κ2) is 13.6. The number of hydrogen-bond donors (Lipinski definition) is 1. The Kier molecular flexibility index (Phi) is 10.9. The molecule has 0 saturated heterocycles. The summed E-state index contributed by atoms with van der Waals surface area (Å²) in [4.78, 5) is 0. The molecule has 35 heavy (non-hydrogen) atoms. The molecule has 0 bridgehead atoms. The summed E-state index contributed by atoms with van der Waals surface area (Å²) in [7, 11) is 1.32. The van der Waals surface area contributed by atoms with Gasteiger partial charge in [0.1, 0.15) is 18.1 Å². The topological polar surface area (TPSA) is 38.7 Å². The fraction of sp³-hybridized carbons (Fsp3) is 0.310. The van der Waals surface area contributed by atoms with Crippen LogP contribution in [0.5, 0.6) is 5.75 Å². The van der Waals surface area contributed by atoms with E-state index in [2.05, 4.69) is 19.7 Å². The van der Waals surface area contributed by atoms with Crippen molar-refractivity contribution in [3.8, 4) is 16.9 Å². The maximum Gasteiger partial charge on any atom is 0.166 e. The predicted octanol–water partition coefficient (Wildman–Crippen LogP) is 7.79. The molecule has 1 saturated carbocycles. The molecular formula is C29H33F3O3. The van der Waals surface area contributed by atoms with Crippen molar-refractivity contribution in [2.24, 2.45) is 0 Å². The van der Waals surface area contributed by atoms with E-state index in [4.69, 9.17) is 9.47 Å². The molecule has 2 aromatic rings. The zero-order chi connectivity index (χ0) is 26.0. The van der Waals surface area contributed by atoms with Gasteiger partial charge in [-0.25, -0.2) is 13.2 Å². The highest BCUT2D eigenvalue weighted by atomic mass is 19.2. The Labute approximate surface area is 205 Å². The van der Waals surface area contributed by atoms with Gasteiger partial charge in [0.15, 0.2) is 17.5 Å². The number of rotatable bonds is 8. The van der Waals surface area contributed by atoms with Gasteiger partial charge < -0.3 is 14.6 Å². The van der Waals surface area contributed by atoms with Crippen LogP contribution >= 0.6 is 0 Å². The number of methoxy groups -OCH3 is 1. The molecule has 1 N–H and O–H groups in total. The Balaban J connectivity index is 0.00000137. The third-order valence-corrected chi connectivity index (χ3v) is 5.68. The van der Waals surface area contributed by atoms with Crippen LogP contribution in [0.4, 0.5) is 13.2 Å². The molecule has 0 amide bonds. The van der Waals surface area contributed by atoms with Gasteiger partial charge in [0.05, 0.1) is 13.2 Å². The van der Waals surface area contributed by atoms with Crippen molar-refractivity contribution in [2.45, 2.75) is 44.6 Å². The minimum absolute atomic E-state index is 0.0392. The predicted molar refractivity (Wildman–Crippen MR) is 135 cm³/mol. The van der Waals surface area contributed by atoms with E-state index >= 15 is 0 Å². The van der Waals surface area contributed by atoms with Gasteiger partial charge in [0.25, 0.3) is 0 Å². The summed E-state index contributed by atoms with van der Waals surface area (Å²) in [6, 6.07) is 9.76. The molecule has 0 spiro atoms. The van der Waals surface area contributed by atoms with Crippen LogP contribution in [0.15, 0.2) is 85.4 Å². The van der Waals surface area contributed by atoms with Gasteiger partial charge in [-0.2, -0.15) is 0 Å². The fourth-order valence-corrected chi connectivity index (χ4v) is 3.80. The van der Waals surface area contributed by atoms with Gasteiger partial charge in [0.2, 0.25) is 0 Å². The van der Waals surface area contributed by atoms with E-state index in [0.717, 1.165) is 0 Å². The van der Waals surface area contributed by atoms with Gasteiger partial charge in [-0.15, -0.1) is 6.58 Å². The van der Waals surface area contributed by atoms with Crippen molar-refractivity contribution < 1.29 is 27.8 Å². The molecule has 0 radical (unpaired) electrons. The largest absolute Gasteiger partial charge is 0.494 e. The molecule has 6 heteroatoms. The van der Waals surface area contributed by atoms with Crippen LogP contribution < -0.4 is 4.74 Å². The molecule has 1 fully saturated rings. The van der Waals surface area contributed by atoms with Gasteiger partial charge in [-0.1, -0.05) is 43.5 Å². The molecule has 3 rings (SSSR count). The number of benzene rings is 2. The third kappa shape index (κ3) is 7.89. The summed E-state index contributed by atoms with van der Waals surface area (Å²) in [6.45, 7) is 12.4. The average Bonchev–Trinajstić information content (AvgIpc) is 2.85. The molecule has 1 aliphatic rings. The first-order valence-electron chi connectivity index (χ1n) is 11.5. The fourth-order valence-electron chi connectivity index (χ4n) is 3.80. The van der Waals surface area contributed by atoms with Crippen LogP contribution in [0.2, 0.25) is 0 Å². The number of hydrogen-bond acceptors (Lipinski definition) is 3. The number of aliphatic hydroxyl groups excluding tert-OH is 1. The van der Waals surface area contributed by atoms with E-state index in [1.165, 1.54) is 13.2 Å². The lowest BCUT2D eigenvalue weighted by atomic mass is 9.82. The maximum absolute atomic E-state index is 14.8. The normalized spacial score (nSPS) is 17.6. The van der Waals surface area contributed by atoms with Crippen molar-refractivity contribution in [3.05, 3.63) is 103 Å². The first kappa shape index (κ1) is 28.0. The summed E-state index contributed by atoms with van der Waals surface area (Å²) in [5, 5.41) is 9.64. The van der Waals surface area contributed by atoms with Crippen molar-refractivity contribution in [1.29, 1.82) is 0 Å². The van der Waals surface area contributed by atoms with Gasteiger partial charge in [0, 0.05) is 5.56 Å². The van der Waals surface area contributed by atoms with Gasteiger partial charge >= 0.3 is 0 Å². The summed E-state index contributed by atoms with van der Waals surface area (Å²) in [5.41, 5.74) is 1.43. The zero-order valence-corrected chi connectivity index (χ0v) is 20.3. The lowest BCUT2D eigenvalue weighted by Crippen LogP contribution is -2.18. The molecular weight excluding hydrogens is 453 g/mol. The highest BCUT2D eigenvalue weighted by Crippen LogP contribution is 2.37. The minimum Gasteiger partial charge on any atom is -0.494 e. The molecule has 188 valence electrons. The van der Waals surface area contributed by atoms with E-state index < -0.39 is 17.5 Å². The SMILES string of the molecule is C=C(/C=C(/F)C(=C)OC)COc1ccc(-c2ccc(C3CCC(O)CC3)c(F)c2F)cc1.C=CC. The van der Waals surface area contributed by atoms with E-state index in [9.17, 15) is 18.3 Å². The van der Waals surface area contributed by atoms with E-state index in [1.807, 2.05) is 6.92 Å². The smallest absolute Gasteiger partial charge is 0.166 e. The quantitative estimate of drug-likeness (QED) is 0.235. The Hall–Kier alpha value is -3.25. The summed E-state index contributed by atoms with van der Waals surface area (Å²) in [5.74, 6) is -2.04. The zero-order valence-electron chi connectivity index (χ0n) is 20.3. The second-order valence-electron chi connectivity index (χ2n) is 8.33. The molecule has 2 aromatic carbocycles. The molecule has 0 unspecified atom stereocenters. The van der Waals surface area contributed by atoms with Crippen LogP contribution in [-0.4, -0.2) is 24.9 Å². The van der Waals surface area contributed by atoms with Crippen LogP contribution in [-0.2, 0) is 4.74 Å². The van der Waals surface area contributed by atoms with Crippen molar-refractivity contribution in [2.75, 3.05) is 13.7 Å². The molecule has 0 aromatic heterocycles. The molecule has 0 atom stereocenters. The number of allylic oxidation sites excluding steroid dienone is 2. The minimum atomic E-state index is -0.880. The summed E-state index contributed by atoms with van der Waals surface area (Å²) in [6.07, 6.45) is 5.07. The van der Waals surface area contributed by atoms with Crippen LogP contribution in [0.25, 0.3) is 11.1 Å². The first-order chi connectivity index (χ1) is 16.7. The molecule has 0 heterocycles. The summed E-state index contributed by atoms with van der Waals surface area (Å²) < 4.78 is 53.6. The standard InChI is InChI=1S/C26H27F3O3.C3H6/c1-16(14-24(27)17(2)31-3)15-32-21-10-6-19(7-11-21)23-13-12-22(25(28)26(23)29)18-4-8-20(30)9-5-18;1-3-2/h6-7,10-14,18,20,30H,1-2,4-5,8-9,15H2,3H3;3H,1H2,2H3/b24-14+;. The monoisotopic (exact) mass is 486 g/mol. The molecule has 3 nitrogen and oxygen atoms in total. The third-order valence-electron chi connectivity index (χ3n) is 5.68. The second-order valence-corrected chi connectivity index (χ2v) is 8.33. The van der Waals surface area contributed by atoms with E-state index in [1.54, 1.807) is 42.5 Å². The van der Waals surface area contributed by atoms with Crippen LogP contribution in [0.1, 0.15) is 44.1 Å². The van der Waals surface area contributed by atoms with Gasteiger partial charge in [-0.3, -0.25) is 0 Å². The Morgan fingerprint density at radius 1 is 1.03 bits per heavy atom. The lowest BCUT2D eigenvalue weighted by molar-refractivity contribution is 0.122. The highest BCUT2D eigenvalue weighted by molar-refractivity contribution is 5.65. The molecule has 0 aliphatic heterocycles. The Morgan fingerprint density at radius 3 is 2.20 bits per heavy atom. The number of aliphatic hydroxyl groups is 1. The number of halogens is 3. The van der Waals surface area contributed by atoms with E-state index in [0.29, 0.717) is 48.1 Å². The number of ether oxygens (including phenoxy) is 2. The van der Waals surface area contributed by atoms with Crippen molar-refractivity contribution in [1.82, 2.24) is 0 Å². The first-order valence-corrected chi connectivity index (χ1v) is 11.5. The van der Waals surface area contributed by atoms with Crippen LogP contribution in [0.3, 0.4) is 0 Å². The van der Waals surface area contributed by atoms with E-state index in [-0.39, 0.29) is 30.0 Å². The Bertz CT molecular complexity index is 1050. The lowest BCUT2D eigenvalue weighted by Gasteiger charge is -2.26. The highest BCUT2D eigenvalue weighted by Gasteiger charge is 2.25. The maximum atomic E-state index is 14.8.